The van der Waals surface area contributed by atoms with E-state index in [2.05, 4.69) is 24.4 Å². The van der Waals surface area contributed by atoms with Crippen molar-refractivity contribution in [2.24, 2.45) is 5.92 Å². The Balaban J connectivity index is 2.66. The predicted octanol–water partition coefficient (Wildman–Crippen LogP) is 2.86. The fourth-order valence-corrected chi connectivity index (χ4v) is 1.66. The van der Waals surface area contributed by atoms with Crippen molar-refractivity contribution in [2.75, 3.05) is 12.4 Å². The van der Waals surface area contributed by atoms with Gasteiger partial charge in [0.2, 0.25) is 0 Å². The number of nitrogens with one attached hydrogen (secondary N) is 1. The fourth-order valence-electron chi connectivity index (χ4n) is 1.66. The normalized spacial score (nSPS) is 13.9. The van der Waals surface area contributed by atoms with Gasteiger partial charge >= 0.3 is 5.97 Å². The summed E-state index contributed by atoms with van der Waals surface area (Å²) >= 11 is 0. The molecule has 2 atom stereocenters. The molecule has 0 bridgehead atoms. The number of anilines is 1. The molecule has 1 aromatic carbocycles. The van der Waals surface area contributed by atoms with Crippen molar-refractivity contribution in [3.63, 3.8) is 0 Å². The Labute approximate surface area is 103 Å². The van der Waals surface area contributed by atoms with E-state index in [1.807, 2.05) is 26.0 Å². The highest BCUT2D eigenvalue weighted by Gasteiger charge is 2.20. The molecule has 0 saturated carbocycles. The first-order valence-electron chi connectivity index (χ1n) is 6.01. The van der Waals surface area contributed by atoms with Crippen LogP contribution in [-0.2, 0) is 16.0 Å². The largest absolute Gasteiger partial charge is 0.469 e. The van der Waals surface area contributed by atoms with E-state index in [9.17, 15) is 4.79 Å². The standard InChI is InChI=1S/C14H21NO2/c1-5-12-7-6-8-13(9-12)15-11(3)10(2)14(16)17-4/h6-11,15H,5H2,1-4H3. The molecule has 0 aliphatic carbocycles. The predicted molar refractivity (Wildman–Crippen MR) is 70.1 cm³/mol. The van der Waals surface area contributed by atoms with Gasteiger partial charge in [-0.2, -0.15) is 0 Å². The highest BCUT2D eigenvalue weighted by Crippen LogP contribution is 2.15. The van der Waals surface area contributed by atoms with Crippen LogP contribution in [0.25, 0.3) is 0 Å². The molecule has 1 aromatic rings. The summed E-state index contributed by atoms with van der Waals surface area (Å²) in [7, 11) is 1.42. The van der Waals surface area contributed by atoms with Crippen LogP contribution in [0, 0.1) is 5.92 Å². The number of carbonyl (C=O) groups excluding carboxylic acids is 1. The second kappa shape index (κ2) is 6.28. The average Bonchev–Trinajstić information content (AvgIpc) is 2.37. The summed E-state index contributed by atoms with van der Waals surface area (Å²) in [6.45, 7) is 5.98. The summed E-state index contributed by atoms with van der Waals surface area (Å²) in [5.41, 5.74) is 2.33. The second-order valence-electron chi connectivity index (χ2n) is 4.30. The van der Waals surface area contributed by atoms with Gasteiger partial charge in [-0.3, -0.25) is 4.79 Å². The maximum atomic E-state index is 11.4. The van der Waals surface area contributed by atoms with Gasteiger partial charge in [-0.1, -0.05) is 19.1 Å². The quantitative estimate of drug-likeness (QED) is 0.797. The van der Waals surface area contributed by atoms with Gasteiger partial charge in [0.25, 0.3) is 0 Å². The van der Waals surface area contributed by atoms with Crippen LogP contribution >= 0.6 is 0 Å². The van der Waals surface area contributed by atoms with Crippen LogP contribution < -0.4 is 5.32 Å². The monoisotopic (exact) mass is 235 g/mol. The highest BCUT2D eigenvalue weighted by atomic mass is 16.5. The van der Waals surface area contributed by atoms with Crippen LogP contribution in [-0.4, -0.2) is 19.1 Å². The number of hydrogen-bond donors (Lipinski definition) is 1. The van der Waals surface area contributed by atoms with Gasteiger partial charge in [0.1, 0.15) is 0 Å². The van der Waals surface area contributed by atoms with E-state index in [4.69, 9.17) is 4.74 Å². The smallest absolute Gasteiger partial charge is 0.310 e. The molecule has 0 aromatic heterocycles. The molecule has 1 N–H and O–H groups in total. The van der Waals surface area contributed by atoms with E-state index in [1.165, 1.54) is 12.7 Å². The fraction of sp³-hybridized carbons (Fsp3) is 0.500. The van der Waals surface area contributed by atoms with Crippen molar-refractivity contribution >= 4 is 11.7 Å². The number of aryl methyl sites for hydroxylation is 1. The van der Waals surface area contributed by atoms with Crippen molar-refractivity contribution in [1.29, 1.82) is 0 Å². The lowest BCUT2D eigenvalue weighted by molar-refractivity contribution is -0.145. The van der Waals surface area contributed by atoms with Crippen LogP contribution in [0.2, 0.25) is 0 Å². The Morgan fingerprint density at radius 3 is 2.71 bits per heavy atom. The number of ether oxygens (including phenoxy) is 1. The molecule has 17 heavy (non-hydrogen) atoms. The van der Waals surface area contributed by atoms with Crippen molar-refractivity contribution in [1.82, 2.24) is 0 Å². The summed E-state index contributed by atoms with van der Waals surface area (Å²) in [6.07, 6.45) is 1.01. The summed E-state index contributed by atoms with van der Waals surface area (Å²) in [5.74, 6) is -0.345. The average molecular weight is 235 g/mol. The van der Waals surface area contributed by atoms with Gasteiger partial charge < -0.3 is 10.1 Å². The van der Waals surface area contributed by atoms with E-state index in [0.717, 1.165) is 12.1 Å². The summed E-state index contributed by atoms with van der Waals surface area (Å²) < 4.78 is 4.74. The number of hydrogen-bond acceptors (Lipinski definition) is 3. The minimum absolute atomic E-state index is 0.0505. The molecule has 94 valence electrons. The third kappa shape index (κ3) is 3.77. The molecule has 3 nitrogen and oxygen atoms in total. The van der Waals surface area contributed by atoms with E-state index in [0.29, 0.717) is 0 Å². The number of rotatable bonds is 5. The Bertz CT molecular complexity index is 376. The van der Waals surface area contributed by atoms with Crippen molar-refractivity contribution in [3.05, 3.63) is 29.8 Å². The first kappa shape index (κ1) is 13.6. The molecule has 0 saturated heterocycles. The number of benzene rings is 1. The van der Waals surface area contributed by atoms with E-state index in [-0.39, 0.29) is 17.9 Å². The molecule has 0 heterocycles. The lowest BCUT2D eigenvalue weighted by Crippen LogP contribution is -2.30. The molecule has 1 rings (SSSR count). The maximum Gasteiger partial charge on any atom is 0.310 e. The number of esters is 1. The highest BCUT2D eigenvalue weighted by molar-refractivity contribution is 5.73. The van der Waals surface area contributed by atoms with Gasteiger partial charge in [-0.15, -0.1) is 0 Å². The lowest BCUT2D eigenvalue weighted by atomic mass is 10.0. The lowest BCUT2D eigenvalue weighted by Gasteiger charge is -2.20. The molecule has 2 unspecified atom stereocenters. The van der Waals surface area contributed by atoms with Crippen molar-refractivity contribution in [3.8, 4) is 0 Å². The summed E-state index contributed by atoms with van der Waals surface area (Å²) in [6, 6.07) is 8.30. The zero-order chi connectivity index (χ0) is 12.8. The van der Waals surface area contributed by atoms with Crippen molar-refractivity contribution in [2.45, 2.75) is 33.2 Å². The SMILES string of the molecule is CCc1cccc(NC(C)C(C)C(=O)OC)c1. The van der Waals surface area contributed by atoms with E-state index >= 15 is 0 Å². The molecule has 0 aliphatic heterocycles. The first-order chi connectivity index (χ1) is 8.08. The topological polar surface area (TPSA) is 38.3 Å². The zero-order valence-corrected chi connectivity index (χ0v) is 11.0. The van der Waals surface area contributed by atoms with E-state index in [1.54, 1.807) is 0 Å². The van der Waals surface area contributed by atoms with Gasteiger partial charge in [0.15, 0.2) is 0 Å². The van der Waals surface area contributed by atoms with Crippen molar-refractivity contribution < 1.29 is 9.53 Å². The van der Waals surface area contributed by atoms with Crippen LogP contribution in [0.5, 0.6) is 0 Å². The molecule has 0 aliphatic rings. The van der Waals surface area contributed by atoms with E-state index < -0.39 is 0 Å². The molecular weight excluding hydrogens is 214 g/mol. The summed E-state index contributed by atoms with van der Waals surface area (Å²) in [5, 5.41) is 3.33. The molecule has 0 amide bonds. The molecule has 0 radical (unpaired) electrons. The Morgan fingerprint density at radius 1 is 1.41 bits per heavy atom. The van der Waals surface area contributed by atoms with Gasteiger partial charge in [0, 0.05) is 11.7 Å². The third-order valence-electron chi connectivity index (χ3n) is 3.05. The number of carbonyl (C=O) groups is 1. The maximum absolute atomic E-state index is 11.4. The minimum atomic E-state index is -0.184. The molecule has 3 heteroatoms. The molecule has 0 spiro atoms. The second-order valence-corrected chi connectivity index (χ2v) is 4.30. The Morgan fingerprint density at radius 2 is 2.12 bits per heavy atom. The zero-order valence-electron chi connectivity index (χ0n) is 11.0. The Hall–Kier alpha value is -1.51. The summed E-state index contributed by atoms with van der Waals surface area (Å²) in [4.78, 5) is 11.4. The van der Waals surface area contributed by atoms with Gasteiger partial charge in [0.05, 0.1) is 13.0 Å². The van der Waals surface area contributed by atoms with Crippen LogP contribution in [0.1, 0.15) is 26.3 Å². The van der Waals surface area contributed by atoms with Crippen LogP contribution in [0.3, 0.4) is 0 Å². The van der Waals surface area contributed by atoms with Crippen LogP contribution in [0.15, 0.2) is 24.3 Å². The van der Waals surface area contributed by atoms with Gasteiger partial charge in [-0.05, 0) is 38.0 Å². The third-order valence-corrected chi connectivity index (χ3v) is 3.05. The molecule has 0 fully saturated rings. The first-order valence-corrected chi connectivity index (χ1v) is 6.01. The van der Waals surface area contributed by atoms with Gasteiger partial charge in [-0.25, -0.2) is 0 Å². The minimum Gasteiger partial charge on any atom is -0.469 e. The number of methoxy groups -OCH3 is 1. The van der Waals surface area contributed by atoms with Crippen LogP contribution in [0.4, 0.5) is 5.69 Å². The Kier molecular flexibility index (Phi) is 5.01. The molecular formula is C14H21NO2.